The van der Waals surface area contributed by atoms with Crippen LogP contribution in [0.2, 0.25) is 15.1 Å². The molecule has 11 aromatic carbocycles. The van der Waals surface area contributed by atoms with Crippen LogP contribution in [0.4, 0.5) is 34.1 Å². The lowest BCUT2D eigenvalue weighted by molar-refractivity contribution is 0.756. The zero-order valence-corrected chi connectivity index (χ0v) is 42.8. The van der Waals surface area contributed by atoms with Gasteiger partial charge in [0.05, 0.1) is 37.8 Å². The van der Waals surface area contributed by atoms with Gasteiger partial charge in [-0.1, -0.05) is 223 Å². The van der Waals surface area contributed by atoms with Crippen LogP contribution in [-0.2, 0) is 0 Å². The largest absolute Gasteiger partial charge is 0.307 e. The monoisotopic (exact) mass is 1020 g/mol. The van der Waals surface area contributed by atoms with Crippen LogP contribution in [0.25, 0.3) is 22.3 Å². The molecule has 5 heteroatoms. The highest BCUT2D eigenvalue weighted by Gasteiger charge is 2.44. The maximum atomic E-state index is 8.01. The summed E-state index contributed by atoms with van der Waals surface area (Å²) in [6.07, 6.45) is 0. The highest BCUT2D eigenvalue weighted by molar-refractivity contribution is 6.38. The van der Waals surface area contributed by atoms with Gasteiger partial charge in [-0.15, -0.1) is 0 Å². The quantitative estimate of drug-likeness (QED) is 0.150. The fourth-order valence-electron chi connectivity index (χ4n) is 13.5. The molecule has 4 bridgehead atoms. The first-order chi connectivity index (χ1) is 37.0. The third-order valence-corrected chi connectivity index (χ3v) is 17.4. The minimum absolute atomic E-state index is 0.106. The van der Waals surface area contributed by atoms with Crippen LogP contribution >= 0.6 is 34.8 Å². The van der Waals surface area contributed by atoms with Crippen molar-refractivity contribution in [3.63, 3.8) is 0 Å². The van der Waals surface area contributed by atoms with E-state index < -0.39 is 0 Å². The summed E-state index contributed by atoms with van der Waals surface area (Å²) in [6.45, 7) is 0. The number of anilines is 6. The van der Waals surface area contributed by atoms with Crippen molar-refractivity contribution in [3.05, 3.63) is 331 Å². The van der Waals surface area contributed by atoms with E-state index in [9.17, 15) is 0 Å². The van der Waals surface area contributed by atoms with Gasteiger partial charge in [-0.3, -0.25) is 0 Å². The van der Waals surface area contributed by atoms with Crippen LogP contribution in [0.3, 0.4) is 0 Å². The standard InChI is InChI=1S/C70H45Cl3N2/c71-58-38-36-42(46-30-15-32-56-64-48-22-7-11-26-52(48)68(66(46)56)53-27-12-8-23-49(53)64)40-62(58)74(44-18-3-1-4-19-44)60-34-17-35-61(70(60)73)75(45-20-5-2-6-21-45)63-41-43(37-39-59(63)72)47-31-16-33-57-65-50-24-9-13-28-54(50)69(67(47)57)55-29-14-10-25-51(55)65/h1-41,64-65,68-69H. The van der Waals surface area contributed by atoms with E-state index in [1.165, 1.54) is 77.9 Å². The molecule has 75 heavy (non-hydrogen) atoms. The van der Waals surface area contributed by atoms with Crippen LogP contribution in [0.5, 0.6) is 0 Å². The fourth-order valence-corrected chi connectivity index (χ4v) is 14.2. The molecule has 2 nitrogen and oxygen atoms in total. The third-order valence-electron chi connectivity index (χ3n) is 16.4. The Hall–Kier alpha value is -8.11. The molecule has 0 saturated carbocycles. The summed E-state index contributed by atoms with van der Waals surface area (Å²) in [5.41, 5.74) is 26.1. The van der Waals surface area contributed by atoms with Gasteiger partial charge in [0.1, 0.15) is 0 Å². The Kier molecular flexibility index (Phi) is 10.4. The van der Waals surface area contributed by atoms with Crippen molar-refractivity contribution in [2.75, 3.05) is 9.80 Å². The Morgan fingerprint density at radius 3 is 0.920 bits per heavy atom. The van der Waals surface area contributed by atoms with Gasteiger partial charge in [0.2, 0.25) is 0 Å². The van der Waals surface area contributed by atoms with Gasteiger partial charge in [0.25, 0.3) is 0 Å². The molecule has 0 spiro atoms. The van der Waals surface area contributed by atoms with E-state index in [0.29, 0.717) is 15.1 Å². The molecule has 0 aliphatic heterocycles. The Morgan fingerprint density at radius 2 is 0.560 bits per heavy atom. The molecular weight excluding hydrogens is 975 g/mol. The van der Waals surface area contributed by atoms with Crippen LogP contribution in [-0.4, -0.2) is 0 Å². The molecule has 0 N–H and O–H groups in total. The van der Waals surface area contributed by atoms with Gasteiger partial charge in [0, 0.05) is 35.0 Å². The number of hydrogen-bond donors (Lipinski definition) is 0. The number of halogens is 3. The third kappa shape index (κ3) is 6.73. The molecule has 11 aromatic rings. The summed E-state index contributed by atoms with van der Waals surface area (Å²) in [5, 5.41) is 1.75. The predicted molar refractivity (Wildman–Crippen MR) is 311 cm³/mol. The van der Waals surface area contributed by atoms with Crippen LogP contribution < -0.4 is 9.80 Å². The number of hydrogen-bond acceptors (Lipinski definition) is 2. The average Bonchev–Trinajstić information content (AvgIpc) is 3.55. The molecule has 0 saturated heterocycles. The van der Waals surface area contributed by atoms with Gasteiger partial charge in [-0.05, 0) is 150 Å². The zero-order valence-electron chi connectivity index (χ0n) is 40.5. The first-order valence-corrected chi connectivity index (χ1v) is 26.8. The lowest BCUT2D eigenvalue weighted by Gasteiger charge is -2.43. The van der Waals surface area contributed by atoms with Crippen molar-refractivity contribution in [2.24, 2.45) is 0 Å². The molecule has 0 heterocycles. The fraction of sp³-hybridized carbons (Fsp3) is 0.0571. The summed E-state index contributed by atoms with van der Waals surface area (Å²) < 4.78 is 0. The topological polar surface area (TPSA) is 6.48 Å². The normalized spacial score (nSPS) is 16.7. The van der Waals surface area contributed by atoms with Gasteiger partial charge in [-0.2, -0.15) is 0 Å². The van der Waals surface area contributed by atoms with E-state index in [1.54, 1.807) is 0 Å². The molecule has 0 atom stereocenters. The van der Waals surface area contributed by atoms with E-state index in [2.05, 4.69) is 234 Å². The first kappa shape index (κ1) is 44.4. The van der Waals surface area contributed by atoms with Gasteiger partial charge in [0.15, 0.2) is 0 Å². The summed E-state index contributed by atoms with van der Waals surface area (Å²) in [7, 11) is 0. The van der Waals surface area contributed by atoms with Crippen molar-refractivity contribution in [1.82, 2.24) is 0 Å². The summed E-state index contributed by atoms with van der Waals surface area (Å²) in [6, 6.07) is 89.6. The van der Waals surface area contributed by atoms with E-state index >= 15 is 0 Å². The molecule has 0 amide bonds. The first-order valence-electron chi connectivity index (χ1n) is 25.7. The van der Waals surface area contributed by atoms with Crippen molar-refractivity contribution in [2.45, 2.75) is 23.7 Å². The average molecular weight is 1020 g/mol. The number of benzene rings is 11. The van der Waals surface area contributed by atoms with Gasteiger partial charge in [-0.25, -0.2) is 0 Å². The maximum Gasteiger partial charge on any atom is 0.0887 e. The highest BCUT2D eigenvalue weighted by Crippen LogP contribution is 2.60. The van der Waals surface area contributed by atoms with Crippen LogP contribution in [0.15, 0.2) is 249 Å². The molecule has 0 aromatic heterocycles. The molecule has 17 rings (SSSR count). The Bertz CT molecular complexity index is 3750. The Labute approximate surface area is 452 Å². The number of rotatable bonds is 8. The lowest BCUT2D eigenvalue weighted by atomic mass is 9.60. The second-order valence-electron chi connectivity index (χ2n) is 20.1. The second-order valence-corrected chi connectivity index (χ2v) is 21.3. The number of para-hydroxylation sites is 2. The van der Waals surface area contributed by atoms with Gasteiger partial charge < -0.3 is 9.80 Å². The molecule has 6 aliphatic rings. The summed E-state index contributed by atoms with van der Waals surface area (Å²) >= 11 is 23.0. The van der Waals surface area contributed by atoms with Crippen molar-refractivity contribution >= 4 is 68.9 Å². The highest BCUT2D eigenvalue weighted by atomic mass is 35.5. The van der Waals surface area contributed by atoms with Crippen LogP contribution in [0.1, 0.15) is 90.4 Å². The molecular formula is C70H45Cl3N2. The predicted octanol–water partition coefficient (Wildman–Crippen LogP) is 19.9. The number of nitrogens with zero attached hydrogens (tertiary/aromatic N) is 2. The minimum Gasteiger partial charge on any atom is -0.307 e. The SMILES string of the molecule is Clc1ccc(-c2cccc3c2C2c4ccccc4C3c3ccccc32)cc1N(c1ccccc1)c1cccc(N(c2ccccc2)c2cc(-c3cccc4c3C3c5ccccc5C4c4ccccc43)ccc2Cl)c1Cl. The van der Waals surface area contributed by atoms with Crippen molar-refractivity contribution in [3.8, 4) is 22.3 Å². The maximum absolute atomic E-state index is 8.01. The Morgan fingerprint density at radius 1 is 0.253 bits per heavy atom. The Balaban J connectivity index is 0.878. The molecule has 6 aliphatic carbocycles. The van der Waals surface area contributed by atoms with Crippen molar-refractivity contribution < 1.29 is 0 Å². The molecule has 356 valence electrons. The van der Waals surface area contributed by atoms with E-state index in [0.717, 1.165) is 45.3 Å². The van der Waals surface area contributed by atoms with E-state index in [-0.39, 0.29) is 23.7 Å². The van der Waals surface area contributed by atoms with E-state index in [1.807, 2.05) is 24.3 Å². The lowest BCUT2D eigenvalue weighted by Crippen LogP contribution is -2.28. The molecule has 0 radical (unpaired) electrons. The molecule has 0 unspecified atom stereocenters. The smallest absolute Gasteiger partial charge is 0.0887 e. The minimum atomic E-state index is 0.106. The summed E-state index contributed by atoms with van der Waals surface area (Å²) in [5.74, 6) is 0.538. The summed E-state index contributed by atoms with van der Waals surface area (Å²) in [4.78, 5) is 4.40. The second kappa shape index (κ2) is 17.5. The van der Waals surface area contributed by atoms with Gasteiger partial charge >= 0.3 is 0 Å². The zero-order chi connectivity index (χ0) is 49.9. The molecule has 0 fully saturated rings. The van der Waals surface area contributed by atoms with Crippen LogP contribution in [0, 0.1) is 0 Å². The van der Waals surface area contributed by atoms with Crippen molar-refractivity contribution in [1.29, 1.82) is 0 Å². The van der Waals surface area contributed by atoms with E-state index in [4.69, 9.17) is 34.8 Å².